The maximum Gasteiger partial charge on any atom is -0.00493 e. The molecule has 0 bridgehead atoms. The molecule has 0 aromatic carbocycles. The average molecular weight is 201 g/mol. The van der Waals surface area contributed by atoms with Crippen molar-refractivity contribution in [1.82, 2.24) is 5.32 Å². The highest BCUT2D eigenvalue weighted by molar-refractivity contribution is 4.62. The van der Waals surface area contributed by atoms with Gasteiger partial charge in [0.15, 0.2) is 0 Å². The molecule has 2 unspecified atom stereocenters. The van der Waals surface area contributed by atoms with Crippen molar-refractivity contribution in [2.45, 2.75) is 60.3 Å². The van der Waals surface area contributed by atoms with Gasteiger partial charge in [0.05, 0.1) is 0 Å². The van der Waals surface area contributed by atoms with E-state index in [-0.39, 0.29) is 0 Å². The minimum absolute atomic E-state index is 0.879. The number of hydrogen-bond acceptors (Lipinski definition) is 1. The Morgan fingerprint density at radius 3 is 1.93 bits per heavy atom. The molecule has 0 fully saturated rings. The van der Waals surface area contributed by atoms with E-state index in [1.54, 1.807) is 0 Å². The first-order valence-electron chi connectivity index (χ1n) is 6.37. The van der Waals surface area contributed by atoms with Crippen LogP contribution < -0.4 is 5.32 Å². The molecular formula is C13H31N. The lowest BCUT2D eigenvalue weighted by molar-refractivity contribution is 0.334. The van der Waals surface area contributed by atoms with Crippen LogP contribution in [0.15, 0.2) is 0 Å². The summed E-state index contributed by atoms with van der Waals surface area (Å²) in [5, 5.41) is 3.21. The van der Waals surface area contributed by atoms with Gasteiger partial charge >= 0.3 is 0 Å². The van der Waals surface area contributed by atoms with Gasteiger partial charge in [0.1, 0.15) is 0 Å². The van der Waals surface area contributed by atoms with E-state index in [9.17, 15) is 0 Å². The molecule has 0 radical (unpaired) electrons. The molecule has 0 aliphatic carbocycles. The molecule has 0 spiro atoms. The summed E-state index contributed by atoms with van der Waals surface area (Å²) in [7, 11) is 2.03. The van der Waals surface area contributed by atoms with Gasteiger partial charge in [0, 0.05) is 0 Å². The maximum absolute atomic E-state index is 3.21. The predicted octanol–water partition coefficient (Wildman–Crippen LogP) is 4.08. The Morgan fingerprint density at radius 2 is 1.50 bits per heavy atom. The number of rotatable bonds is 7. The normalized spacial score (nSPS) is 14.1. The molecule has 0 rings (SSSR count). The number of nitrogens with one attached hydrogen (secondary N) is 1. The first-order chi connectivity index (χ1) is 6.72. The quantitative estimate of drug-likeness (QED) is 0.654. The van der Waals surface area contributed by atoms with Crippen molar-refractivity contribution in [2.24, 2.45) is 11.8 Å². The summed E-state index contributed by atoms with van der Waals surface area (Å²) in [6.45, 7) is 12.2. The van der Waals surface area contributed by atoms with Crippen LogP contribution >= 0.6 is 0 Å². The van der Waals surface area contributed by atoms with E-state index in [1.165, 1.54) is 25.7 Å². The van der Waals surface area contributed by atoms with Crippen molar-refractivity contribution in [3.05, 3.63) is 0 Å². The molecule has 0 aromatic heterocycles. The molecule has 1 heteroatoms. The minimum Gasteiger partial charge on any atom is -0.320 e. The molecule has 2 atom stereocenters. The summed E-state index contributed by atoms with van der Waals surface area (Å²) < 4.78 is 0. The third-order valence-electron chi connectivity index (χ3n) is 2.83. The van der Waals surface area contributed by atoms with Gasteiger partial charge < -0.3 is 5.32 Å². The van der Waals surface area contributed by atoms with Crippen LogP contribution in [0, 0.1) is 11.8 Å². The van der Waals surface area contributed by atoms with Gasteiger partial charge in [-0.15, -0.1) is 0 Å². The largest absolute Gasteiger partial charge is 0.320 e. The third-order valence-corrected chi connectivity index (χ3v) is 2.83. The summed E-state index contributed by atoms with van der Waals surface area (Å²) in [6.07, 6.45) is 5.46. The Kier molecular flexibility index (Phi) is 15.2. The molecule has 14 heavy (non-hydrogen) atoms. The number of hydrogen-bond donors (Lipinski definition) is 1. The molecule has 1 nitrogen and oxygen atoms in total. The van der Waals surface area contributed by atoms with Crippen LogP contribution in [0.5, 0.6) is 0 Å². The van der Waals surface area contributed by atoms with Gasteiger partial charge in [-0.1, -0.05) is 53.9 Å². The van der Waals surface area contributed by atoms with Crippen molar-refractivity contribution >= 4 is 0 Å². The van der Waals surface area contributed by atoms with Crippen molar-refractivity contribution < 1.29 is 0 Å². The van der Waals surface area contributed by atoms with Crippen LogP contribution in [-0.4, -0.2) is 13.6 Å². The second-order valence-corrected chi connectivity index (χ2v) is 3.99. The van der Waals surface area contributed by atoms with Crippen molar-refractivity contribution in [3.63, 3.8) is 0 Å². The van der Waals surface area contributed by atoms with Crippen LogP contribution in [-0.2, 0) is 0 Å². The van der Waals surface area contributed by atoms with E-state index in [0.717, 1.165) is 18.4 Å². The molecule has 88 valence electrons. The molecule has 0 saturated heterocycles. The van der Waals surface area contributed by atoms with Gasteiger partial charge in [0.2, 0.25) is 0 Å². The fourth-order valence-electron chi connectivity index (χ4n) is 1.47. The summed E-state index contributed by atoms with van der Waals surface area (Å²) in [5.74, 6) is 1.78. The lowest BCUT2D eigenvalue weighted by Crippen LogP contribution is -2.16. The van der Waals surface area contributed by atoms with Crippen LogP contribution in [0.3, 0.4) is 0 Å². The van der Waals surface area contributed by atoms with Crippen molar-refractivity contribution in [3.8, 4) is 0 Å². The lowest BCUT2D eigenvalue weighted by atomic mass is 9.89. The Morgan fingerprint density at radius 1 is 1.00 bits per heavy atom. The molecule has 0 aliphatic rings. The Labute approximate surface area is 91.7 Å². The summed E-state index contributed by atoms with van der Waals surface area (Å²) >= 11 is 0. The second-order valence-electron chi connectivity index (χ2n) is 3.99. The van der Waals surface area contributed by atoms with E-state index in [1.807, 2.05) is 20.9 Å². The van der Waals surface area contributed by atoms with Gasteiger partial charge in [0.25, 0.3) is 0 Å². The molecule has 0 heterocycles. The monoisotopic (exact) mass is 201 g/mol. The highest BCUT2D eigenvalue weighted by atomic mass is 14.8. The highest BCUT2D eigenvalue weighted by Crippen LogP contribution is 2.20. The Bertz CT molecular complexity index is 79.2. The summed E-state index contributed by atoms with van der Waals surface area (Å²) in [6, 6.07) is 0. The van der Waals surface area contributed by atoms with Gasteiger partial charge in [-0.25, -0.2) is 0 Å². The molecular weight excluding hydrogens is 170 g/mol. The van der Waals surface area contributed by atoms with Crippen LogP contribution in [0.4, 0.5) is 0 Å². The van der Waals surface area contributed by atoms with Crippen molar-refractivity contribution in [1.29, 1.82) is 0 Å². The molecule has 0 amide bonds. The minimum atomic E-state index is 0.879. The molecule has 0 aromatic rings. The fourth-order valence-corrected chi connectivity index (χ4v) is 1.47. The zero-order valence-electron chi connectivity index (χ0n) is 11.2. The van der Waals surface area contributed by atoms with Crippen molar-refractivity contribution in [2.75, 3.05) is 13.6 Å². The zero-order chi connectivity index (χ0) is 11.4. The fraction of sp³-hybridized carbons (Fsp3) is 1.00. The zero-order valence-corrected chi connectivity index (χ0v) is 11.2. The first-order valence-corrected chi connectivity index (χ1v) is 6.37. The topological polar surface area (TPSA) is 12.0 Å². The Hall–Kier alpha value is -0.0400. The molecule has 0 aliphatic heterocycles. The van der Waals surface area contributed by atoms with Crippen LogP contribution in [0.2, 0.25) is 0 Å². The van der Waals surface area contributed by atoms with Gasteiger partial charge in [-0.2, -0.15) is 0 Å². The number of unbranched alkanes of at least 4 members (excludes halogenated alkanes) is 1. The van der Waals surface area contributed by atoms with E-state index in [0.29, 0.717) is 0 Å². The van der Waals surface area contributed by atoms with E-state index in [4.69, 9.17) is 0 Å². The summed E-state index contributed by atoms with van der Waals surface area (Å²) in [5.41, 5.74) is 0. The first kappa shape index (κ1) is 16.4. The second kappa shape index (κ2) is 13.0. The van der Waals surface area contributed by atoms with Gasteiger partial charge in [-0.05, 0) is 31.8 Å². The summed E-state index contributed by atoms with van der Waals surface area (Å²) in [4.78, 5) is 0. The van der Waals surface area contributed by atoms with Crippen LogP contribution in [0.1, 0.15) is 60.3 Å². The SMILES string of the molecule is CC.CCCCC(C)C(C)CCNC. The lowest BCUT2D eigenvalue weighted by Gasteiger charge is -2.19. The standard InChI is InChI=1S/C11H25N.C2H6/c1-5-6-7-10(2)11(3)8-9-12-4;1-2/h10-12H,5-9H2,1-4H3;1-2H3. The maximum atomic E-state index is 3.21. The van der Waals surface area contributed by atoms with Gasteiger partial charge in [-0.3, -0.25) is 0 Å². The highest BCUT2D eigenvalue weighted by Gasteiger charge is 2.10. The smallest absolute Gasteiger partial charge is 0.00493 e. The molecule has 1 N–H and O–H groups in total. The average Bonchev–Trinajstić information content (AvgIpc) is 2.25. The third kappa shape index (κ3) is 10.0. The van der Waals surface area contributed by atoms with Crippen LogP contribution in [0.25, 0.3) is 0 Å². The Balaban J connectivity index is 0. The van der Waals surface area contributed by atoms with E-state index >= 15 is 0 Å². The molecule has 0 saturated carbocycles. The van der Waals surface area contributed by atoms with E-state index in [2.05, 4.69) is 26.1 Å². The van der Waals surface area contributed by atoms with E-state index < -0.39 is 0 Å². The predicted molar refractivity (Wildman–Crippen MR) is 67.7 cm³/mol.